The number of nitrogens with one attached hydrogen (secondary N) is 3. The molecule has 0 bridgehead atoms. The molecule has 5 nitrogen and oxygen atoms in total. The van der Waals surface area contributed by atoms with Gasteiger partial charge in [-0.2, -0.15) is 0 Å². The van der Waals surface area contributed by atoms with Gasteiger partial charge < -0.3 is 15.6 Å². The minimum atomic E-state index is -0.226. The minimum absolute atomic E-state index is 0. The number of rotatable bonds is 5. The number of nitrogens with zero attached hydrogens (tertiary/aromatic N) is 2. The van der Waals surface area contributed by atoms with Crippen LogP contribution in [0.15, 0.2) is 34.8 Å². The average Bonchev–Trinajstić information content (AvgIpc) is 3.24. The number of hydrogen-bond donors (Lipinski definition) is 3. The summed E-state index contributed by atoms with van der Waals surface area (Å²) in [4.78, 5) is 12.1. The van der Waals surface area contributed by atoms with E-state index in [4.69, 9.17) is 0 Å². The van der Waals surface area contributed by atoms with Crippen molar-refractivity contribution in [3.63, 3.8) is 0 Å². The molecule has 0 spiro atoms. The number of fused-ring (bicyclic) bond motifs is 1. The van der Waals surface area contributed by atoms with Crippen molar-refractivity contribution < 1.29 is 4.39 Å². The van der Waals surface area contributed by atoms with E-state index in [1.807, 2.05) is 12.3 Å². The van der Waals surface area contributed by atoms with Crippen molar-refractivity contribution in [2.24, 2.45) is 4.99 Å². The first-order chi connectivity index (χ1) is 12.9. The molecule has 0 saturated heterocycles. The molecule has 0 aliphatic carbocycles. The molecule has 0 aliphatic rings. The maximum atomic E-state index is 13.3. The first-order valence-corrected chi connectivity index (χ1v) is 9.89. The molecule has 1 aromatic carbocycles. The van der Waals surface area contributed by atoms with Gasteiger partial charge in [-0.1, -0.05) is 20.8 Å². The normalized spacial score (nSPS) is 12.1. The molecule has 152 valence electrons. The monoisotopic (exact) mass is 515 g/mol. The third-order valence-electron chi connectivity index (χ3n) is 4.37. The standard InChI is InChI=1S/C20H26FN5S.HI/c1-20(2,3)17-12-27-18(26-17)11-25-19(22-4)23-8-7-13-10-24-16-9-14(21)5-6-15(13)16;/h5-6,9-10,12,24H,7-8,11H2,1-4H3,(H2,22,23,25);1H. The number of aromatic amines is 1. The van der Waals surface area contributed by atoms with Crippen LogP contribution in [0.3, 0.4) is 0 Å². The maximum Gasteiger partial charge on any atom is 0.191 e. The first kappa shape index (κ1) is 22.6. The smallest absolute Gasteiger partial charge is 0.191 e. The molecular formula is C20H27FIN5S. The number of halogens is 2. The fraction of sp³-hybridized carbons (Fsp3) is 0.400. The molecule has 2 aromatic heterocycles. The van der Waals surface area contributed by atoms with Crippen LogP contribution in [-0.2, 0) is 18.4 Å². The Balaban J connectivity index is 0.00000280. The van der Waals surface area contributed by atoms with E-state index in [1.54, 1.807) is 18.4 Å². The van der Waals surface area contributed by atoms with E-state index < -0.39 is 0 Å². The molecule has 0 radical (unpaired) electrons. The quantitative estimate of drug-likeness (QED) is 0.265. The second-order valence-corrected chi connectivity index (χ2v) is 8.43. The highest BCUT2D eigenvalue weighted by Crippen LogP contribution is 2.23. The summed E-state index contributed by atoms with van der Waals surface area (Å²) < 4.78 is 13.3. The summed E-state index contributed by atoms with van der Waals surface area (Å²) in [6.45, 7) is 7.87. The van der Waals surface area contributed by atoms with Gasteiger partial charge in [0.1, 0.15) is 10.8 Å². The van der Waals surface area contributed by atoms with Gasteiger partial charge in [0.15, 0.2) is 5.96 Å². The molecule has 0 atom stereocenters. The van der Waals surface area contributed by atoms with Gasteiger partial charge in [-0.3, -0.25) is 4.99 Å². The molecular weight excluding hydrogens is 488 g/mol. The molecule has 3 rings (SSSR count). The lowest BCUT2D eigenvalue weighted by Crippen LogP contribution is -2.37. The summed E-state index contributed by atoms with van der Waals surface area (Å²) in [5.41, 5.74) is 3.16. The van der Waals surface area contributed by atoms with E-state index in [-0.39, 0.29) is 35.2 Å². The number of hydrogen-bond acceptors (Lipinski definition) is 3. The van der Waals surface area contributed by atoms with Crippen LogP contribution in [0.25, 0.3) is 10.9 Å². The van der Waals surface area contributed by atoms with Crippen LogP contribution in [0, 0.1) is 5.82 Å². The van der Waals surface area contributed by atoms with E-state index in [0.717, 1.165) is 46.1 Å². The zero-order valence-corrected chi connectivity index (χ0v) is 19.7. The second-order valence-electron chi connectivity index (χ2n) is 7.48. The predicted octanol–water partition coefficient (Wildman–Crippen LogP) is 4.59. The van der Waals surface area contributed by atoms with Crippen LogP contribution in [0.2, 0.25) is 0 Å². The summed E-state index contributed by atoms with van der Waals surface area (Å²) in [5.74, 6) is 0.517. The highest BCUT2D eigenvalue weighted by atomic mass is 127. The van der Waals surface area contributed by atoms with Crippen molar-refractivity contribution in [1.82, 2.24) is 20.6 Å². The summed E-state index contributed by atoms with van der Waals surface area (Å²) >= 11 is 1.66. The number of thiazole rings is 1. The Bertz CT molecular complexity index is 942. The van der Waals surface area contributed by atoms with Crippen LogP contribution in [-0.4, -0.2) is 29.5 Å². The summed E-state index contributed by atoms with van der Waals surface area (Å²) in [6.07, 6.45) is 2.75. The second kappa shape index (κ2) is 9.69. The Morgan fingerprint density at radius 3 is 2.75 bits per heavy atom. The lowest BCUT2D eigenvalue weighted by Gasteiger charge is -2.14. The average molecular weight is 515 g/mol. The molecule has 3 aromatic rings. The Morgan fingerprint density at radius 2 is 2.07 bits per heavy atom. The van der Waals surface area contributed by atoms with E-state index in [1.165, 1.54) is 12.1 Å². The van der Waals surface area contributed by atoms with Gasteiger partial charge in [0.05, 0.1) is 12.2 Å². The maximum absolute atomic E-state index is 13.3. The SMILES string of the molecule is CN=C(NCCc1c[nH]c2cc(F)ccc12)NCc1nc(C(C)(C)C)cs1.I. The van der Waals surface area contributed by atoms with Crippen molar-refractivity contribution in [3.05, 3.63) is 51.9 Å². The number of aromatic nitrogens is 2. The molecule has 8 heteroatoms. The van der Waals surface area contributed by atoms with Gasteiger partial charge in [-0.15, -0.1) is 35.3 Å². The molecule has 0 fully saturated rings. The van der Waals surface area contributed by atoms with E-state index in [0.29, 0.717) is 6.54 Å². The van der Waals surface area contributed by atoms with Gasteiger partial charge in [0.25, 0.3) is 0 Å². The number of H-pyrrole nitrogens is 1. The van der Waals surface area contributed by atoms with Crippen molar-refractivity contribution in [2.45, 2.75) is 39.2 Å². The van der Waals surface area contributed by atoms with Gasteiger partial charge >= 0.3 is 0 Å². The highest BCUT2D eigenvalue weighted by Gasteiger charge is 2.17. The molecule has 0 amide bonds. The summed E-state index contributed by atoms with van der Waals surface area (Å²) in [7, 11) is 1.76. The van der Waals surface area contributed by atoms with E-state index in [2.05, 4.69) is 51.7 Å². The largest absolute Gasteiger partial charge is 0.361 e. The Hall–Kier alpha value is -1.68. The molecule has 0 unspecified atom stereocenters. The Morgan fingerprint density at radius 1 is 1.29 bits per heavy atom. The summed E-state index contributed by atoms with van der Waals surface area (Å²) in [5, 5.41) is 10.8. The molecule has 0 saturated carbocycles. The fourth-order valence-corrected chi connectivity index (χ4v) is 3.76. The lowest BCUT2D eigenvalue weighted by atomic mass is 9.93. The van der Waals surface area contributed by atoms with E-state index in [9.17, 15) is 4.39 Å². The lowest BCUT2D eigenvalue weighted by molar-refractivity contribution is 0.570. The zero-order valence-electron chi connectivity index (χ0n) is 16.6. The van der Waals surface area contributed by atoms with Crippen LogP contribution >= 0.6 is 35.3 Å². The molecule has 2 heterocycles. The van der Waals surface area contributed by atoms with Crippen LogP contribution in [0.1, 0.15) is 37.0 Å². The highest BCUT2D eigenvalue weighted by molar-refractivity contribution is 14.0. The number of aliphatic imine (C=N–C) groups is 1. The van der Waals surface area contributed by atoms with Gasteiger partial charge in [-0.05, 0) is 30.2 Å². The van der Waals surface area contributed by atoms with Crippen LogP contribution < -0.4 is 10.6 Å². The molecule has 3 N–H and O–H groups in total. The third kappa shape index (κ3) is 5.66. The predicted molar refractivity (Wildman–Crippen MR) is 126 cm³/mol. The van der Waals surface area contributed by atoms with Crippen molar-refractivity contribution >= 4 is 52.2 Å². The number of benzene rings is 1. The van der Waals surface area contributed by atoms with Crippen molar-refractivity contribution in [1.29, 1.82) is 0 Å². The van der Waals surface area contributed by atoms with E-state index >= 15 is 0 Å². The van der Waals surface area contributed by atoms with Gasteiger partial charge in [0, 0.05) is 41.5 Å². The minimum Gasteiger partial charge on any atom is -0.361 e. The molecule has 28 heavy (non-hydrogen) atoms. The topological polar surface area (TPSA) is 65.1 Å². The fourth-order valence-electron chi connectivity index (χ4n) is 2.80. The Labute approximate surface area is 186 Å². The summed E-state index contributed by atoms with van der Waals surface area (Å²) in [6, 6.07) is 4.83. The molecule has 0 aliphatic heterocycles. The van der Waals surface area contributed by atoms with Crippen molar-refractivity contribution in [2.75, 3.05) is 13.6 Å². The van der Waals surface area contributed by atoms with Gasteiger partial charge in [-0.25, -0.2) is 9.37 Å². The first-order valence-electron chi connectivity index (χ1n) is 9.02. The van der Waals surface area contributed by atoms with Crippen molar-refractivity contribution in [3.8, 4) is 0 Å². The Kier molecular flexibility index (Phi) is 7.82. The van der Waals surface area contributed by atoms with Crippen LogP contribution in [0.4, 0.5) is 4.39 Å². The van der Waals surface area contributed by atoms with Crippen LogP contribution in [0.5, 0.6) is 0 Å². The third-order valence-corrected chi connectivity index (χ3v) is 5.22. The zero-order chi connectivity index (χ0) is 19.4. The van der Waals surface area contributed by atoms with Gasteiger partial charge in [0.2, 0.25) is 0 Å². The number of guanidine groups is 1.